The Labute approximate surface area is 121 Å². The van der Waals surface area contributed by atoms with Crippen molar-refractivity contribution in [3.8, 4) is 0 Å². The van der Waals surface area contributed by atoms with E-state index in [0.717, 1.165) is 4.90 Å². The average Bonchev–Trinajstić information content (AvgIpc) is 2.73. The minimum Gasteiger partial charge on any atom is -0.439 e. The number of carbonyl (C=O) groups excluding carboxylic acids is 4. The number of nitrogens with one attached hydrogen (secondary N) is 1. The lowest BCUT2D eigenvalue weighted by Crippen LogP contribution is -2.57. The van der Waals surface area contributed by atoms with E-state index in [0.29, 0.717) is 39.0 Å². The predicted molar refractivity (Wildman–Crippen MR) is 68.9 cm³/mol. The SMILES string of the molecule is O=C1CCC(C(=O)N2CC(CN3C(=O)COC3=O)C2)CN1. The second-order valence-corrected chi connectivity index (χ2v) is 5.71. The third-order valence-electron chi connectivity index (χ3n) is 4.16. The molecule has 3 rings (SSSR count). The first-order chi connectivity index (χ1) is 10.0. The van der Waals surface area contributed by atoms with Gasteiger partial charge >= 0.3 is 6.09 Å². The van der Waals surface area contributed by atoms with E-state index in [1.807, 2.05) is 0 Å². The minimum absolute atomic E-state index is 0.00778. The Morgan fingerprint density at radius 1 is 1.29 bits per heavy atom. The maximum atomic E-state index is 12.2. The zero-order valence-electron chi connectivity index (χ0n) is 11.5. The molecule has 0 saturated carbocycles. The van der Waals surface area contributed by atoms with Crippen LogP contribution < -0.4 is 5.32 Å². The number of likely N-dealkylation sites (tertiary alicyclic amines) is 1. The Morgan fingerprint density at radius 3 is 2.62 bits per heavy atom. The fourth-order valence-electron chi connectivity index (χ4n) is 2.88. The van der Waals surface area contributed by atoms with Gasteiger partial charge in [-0.1, -0.05) is 0 Å². The van der Waals surface area contributed by atoms with Crippen molar-refractivity contribution in [2.45, 2.75) is 12.8 Å². The molecule has 3 saturated heterocycles. The summed E-state index contributed by atoms with van der Waals surface area (Å²) in [6.07, 6.45) is 0.379. The summed E-state index contributed by atoms with van der Waals surface area (Å²) in [5.74, 6) is -0.322. The Balaban J connectivity index is 1.45. The molecule has 0 aromatic heterocycles. The van der Waals surface area contributed by atoms with Gasteiger partial charge in [0.2, 0.25) is 11.8 Å². The molecule has 8 heteroatoms. The first-order valence-electron chi connectivity index (χ1n) is 7.07. The van der Waals surface area contributed by atoms with E-state index in [2.05, 4.69) is 10.1 Å². The van der Waals surface area contributed by atoms with Crippen molar-refractivity contribution in [2.24, 2.45) is 11.8 Å². The monoisotopic (exact) mass is 295 g/mol. The van der Waals surface area contributed by atoms with Gasteiger partial charge in [0.25, 0.3) is 5.91 Å². The fraction of sp³-hybridized carbons (Fsp3) is 0.692. The van der Waals surface area contributed by atoms with Crippen LogP contribution in [0.5, 0.6) is 0 Å². The number of hydrogen-bond acceptors (Lipinski definition) is 5. The van der Waals surface area contributed by atoms with Crippen molar-refractivity contribution >= 4 is 23.8 Å². The molecule has 4 amide bonds. The van der Waals surface area contributed by atoms with Crippen LogP contribution >= 0.6 is 0 Å². The van der Waals surface area contributed by atoms with Crippen LogP contribution in [0.25, 0.3) is 0 Å². The molecule has 1 unspecified atom stereocenters. The molecule has 1 atom stereocenters. The molecule has 3 aliphatic heterocycles. The van der Waals surface area contributed by atoms with Crippen LogP contribution in [0, 0.1) is 11.8 Å². The van der Waals surface area contributed by atoms with E-state index in [1.165, 1.54) is 0 Å². The van der Waals surface area contributed by atoms with Crippen molar-refractivity contribution in [1.82, 2.24) is 15.1 Å². The number of nitrogens with zero attached hydrogens (tertiary/aromatic N) is 2. The molecule has 3 aliphatic rings. The molecule has 0 spiro atoms. The topological polar surface area (TPSA) is 96.0 Å². The first-order valence-corrected chi connectivity index (χ1v) is 7.07. The summed E-state index contributed by atoms with van der Waals surface area (Å²) in [5.41, 5.74) is 0. The lowest BCUT2D eigenvalue weighted by Gasteiger charge is -2.42. The highest BCUT2D eigenvalue weighted by molar-refractivity contribution is 5.97. The standard InChI is InChI=1S/C13H17N3O5/c17-10-2-1-9(3-14-10)12(19)15-4-8(5-15)6-16-11(18)7-21-13(16)20/h8-9H,1-7H2,(H,14,17). The molecule has 21 heavy (non-hydrogen) atoms. The number of hydrogen-bond donors (Lipinski definition) is 1. The summed E-state index contributed by atoms with van der Waals surface area (Å²) in [7, 11) is 0. The lowest BCUT2D eigenvalue weighted by atomic mass is 9.93. The van der Waals surface area contributed by atoms with Gasteiger partial charge in [0.1, 0.15) is 0 Å². The molecule has 0 aliphatic carbocycles. The zero-order valence-corrected chi connectivity index (χ0v) is 11.5. The molecule has 8 nitrogen and oxygen atoms in total. The Kier molecular flexibility index (Phi) is 3.52. The Morgan fingerprint density at radius 2 is 2.05 bits per heavy atom. The number of cyclic esters (lactones) is 1. The van der Waals surface area contributed by atoms with Crippen LogP contribution in [0.15, 0.2) is 0 Å². The number of rotatable bonds is 3. The highest BCUT2D eigenvalue weighted by Gasteiger charge is 2.40. The predicted octanol–water partition coefficient (Wildman–Crippen LogP) is -1.05. The van der Waals surface area contributed by atoms with E-state index in [4.69, 9.17) is 0 Å². The van der Waals surface area contributed by atoms with Crippen LogP contribution in [0.4, 0.5) is 4.79 Å². The first kappa shape index (κ1) is 13.8. The second-order valence-electron chi connectivity index (χ2n) is 5.71. The van der Waals surface area contributed by atoms with Gasteiger partial charge in [-0.3, -0.25) is 14.4 Å². The van der Waals surface area contributed by atoms with Gasteiger partial charge < -0.3 is 15.0 Å². The van der Waals surface area contributed by atoms with Gasteiger partial charge in [-0.2, -0.15) is 0 Å². The van der Waals surface area contributed by atoms with E-state index in [-0.39, 0.29) is 36.2 Å². The van der Waals surface area contributed by atoms with E-state index >= 15 is 0 Å². The van der Waals surface area contributed by atoms with Crippen molar-refractivity contribution in [1.29, 1.82) is 0 Å². The van der Waals surface area contributed by atoms with E-state index in [1.54, 1.807) is 4.90 Å². The van der Waals surface area contributed by atoms with Crippen LogP contribution in [-0.4, -0.2) is 66.4 Å². The highest BCUT2D eigenvalue weighted by Crippen LogP contribution is 2.23. The van der Waals surface area contributed by atoms with Gasteiger partial charge in [-0.15, -0.1) is 0 Å². The maximum Gasteiger partial charge on any atom is 0.417 e. The summed E-state index contributed by atoms with van der Waals surface area (Å²) < 4.78 is 4.64. The lowest BCUT2D eigenvalue weighted by molar-refractivity contribution is -0.144. The molecule has 1 N–H and O–H groups in total. The van der Waals surface area contributed by atoms with Crippen LogP contribution in [0.3, 0.4) is 0 Å². The molecule has 0 aromatic rings. The van der Waals surface area contributed by atoms with Gasteiger partial charge in [0.05, 0.1) is 5.92 Å². The number of carbonyl (C=O) groups is 4. The maximum absolute atomic E-state index is 12.2. The third-order valence-corrected chi connectivity index (χ3v) is 4.16. The quantitative estimate of drug-likeness (QED) is 0.716. The molecule has 0 bridgehead atoms. The molecule has 114 valence electrons. The number of imide groups is 1. The average molecular weight is 295 g/mol. The van der Waals surface area contributed by atoms with Crippen molar-refractivity contribution in [2.75, 3.05) is 32.8 Å². The summed E-state index contributed by atoms with van der Waals surface area (Å²) in [6, 6.07) is 0. The van der Waals surface area contributed by atoms with Crippen LogP contribution in [-0.2, 0) is 19.1 Å². The normalized spacial score (nSPS) is 26.5. The second kappa shape index (κ2) is 5.34. The molecule has 0 radical (unpaired) electrons. The fourth-order valence-corrected chi connectivity index (χ4v) is 2.88. The summed E-state index contributed by atoms with van der Waals surface area (Å²) in [6.45, 7) is 1.61. The van der Waals surface area contributed by atoms with Gasteiger partial charge in [-0.05, 0) is 6.42 Å². The minimum atomic E-state index is -0.597. The molecule has 3 heterocycles. The van der Waals surface area contributed by atoms with Crippen LogP contribution in [0.1, 0.15) is 12.8 Å². The molecular weight excluding hydrogens is 278 g/mol. The number of piperidine rings is 1. The largest absolute Gasteiger partial charge is 0.439 e. The smallest absolute Gasteiger partial charge is 0.417 e. The van der Waals surface area contributed by atoms with Gasteiger partial charge in [0.15, 0.2) is 6.61 Å². The molecular formula is C13H17N3O5. The Bertz CT molecular complexity index is 474. The third kappa shape index (κ3) is 2.70. The summed E-state index contributed by atoms with van der Waals surface area (Å²) in [5, 5.41) is 2.70. The Hall–Kier alpha value is -2.12. The van der Waals surface area contributed by atoms with Crippen molar-refractivity contribution in [3.63, 3.8) is 0 Å². The summed E-state index contributed by atoms with van der Waals surface area (Å²) in [4.78, 5) is 48.8. The number of amides is 4. The van der Waals surface area contributed by atoms with Crippen molar-refractivity contribution < 1.29 is 23.9 Å². The van der Waals surface area contributed by atoms with Gasteiger partial charge in [-0.25, -0.2) is 9.69 Å². The molecule has 3 fully saturated rings. The highest BCUT2D eigenvalue weighted by atomic mass is 16.6. The van der Waals surface area contributed by atoms with E-state index < -0.39 is 6.09 Å². The number of ether oxygens (including phenoxy) is 1. The zero-order chi connectivity index (χ0) is 15.0. The van der Waals surface area contributed by atoms with Crippen LogP contribution in [0.2, 0.25) is 0 Å². The van der Waals surface area contributed by atoms with Gasteiger partial charge in [0, 0.05) is 38.5 Å². The molecule has 0 aromatic carbocycles. The van der Waals surface area contributed by atoms with Crippen molar-refractivity contribution in [3.05, 3.63) is 0 Å². The summed E-state index contributed by atoms with van der Waals surface area (Å²) >= 11 is 0. The van der Waals surface area contributed by atoms with E-state index in [9.17, 15) is 19.2 Å².